The zero-order valence-electron chi connectivity index (χ0n) is 16.8. The summed E-state index contributed by atoms with van der Waals surface area (Å²) < 4.78 is 26.8. The van der Waals surface area contributed by atoms with Crippen molar-refractivity contribution in [3.8, 4) is 0 Å². The smallest absolute Gasteiger partial charge is 0.223 e. The lowest BCUT2D eigenvalue weighted by Crippen LogP contribution is -2.44. The number of carbonyl (C=O) groups is 1. The number of amides is 1. The number of piperidine rings is 1. The van der Waals surface area contributed by atoms with Gasteiger partial charge in [0.2, 0.25) is 15.9 Å². The summed E-state index contributed by atoms with van der Waals surface area (Å²) in [6.45, 7) is 7.12. The Labute approximate surface area is 169 Å². The Balaban J connectivity index is 1.40. The Hall–Kier alpha value is -1.44. The van der Waals surface area contributed by atoms with E-state index in [9.17, 15) is 13.2 Å². The molecule has 2 saturated heterocycles. The number of likely N-dealkylation sites (tertiary alicyclic amines) is 1. The fourth-order valence-corrected chi connectivity index (χ4v) is 5.73. The average molecular weight is 408 g/mol. The molecule has 0 radical (unpaired) electrons. The lowest BCUT2D eigenvalue weighted by molar-refractivity contribution is -0.126. The fourth-order valence-electron chi connectivity index (χ4n) is 4.16. The van der Waals surface area contributed by atoms with Gasteiger partial charge in [-0.2, -0.15) is 0 Å². The summed E-state index contributed by atoms with van der Waals surface area (Å²) in [5, 5.41) is 3.09. The van der Waals surface area contributed by atoms with E-state index in [1.807, 2.05) is 30.3 Å². The molecule has 1 atom stereocenters. The van der Waals surface area contributed by atoms with Crippen molar-refractivity contribution in [2.24, 2.45) is 11.8 Å². The van der Waals surface area contributed by atoms with E-state index in [1.54, 1.807) is 4.31 Å². The average Bonchev–Trinajstić information content (AvgIpc) is 3.19. The molecule has 0 aromatic heterocycles. The summed E-state index contributed by atoms with van der Waals surface area (Å²) in [6, 6.07) is 9.26. The summed E-state index contributed by atoms with van der Waals surface area (Å²) in [7, 11) is -3.33. The topological polar surface area (TPSA) is 69.7 Å². The molecule has 28 heavy (non-hydrogen) atoms. The van der Waals surface area contributed by atoms with E-state index in [2.05, 4.69) is 17.1 Å². The number of benzene rings is 1. The van der Waals surface area contributed by atoms with Crippen LogP contribution in [-0.4, -0.2) is 62.8 Å². The zero-order chi connectivity index (χ0) is 20.0. The molecule has 2 aliphatic heterocycles. The maximum Gasteiger partial charge on any atom is 0.223 e. The van der Waals surface area contributed by atoms with Crippen LogP contribution in [-0.2, 0) is 20.6 Å². The monoisotopic (exact) mass is 407 g/mol. The zero-order valence-corrected chi connectivity index (χ0v) is 17.7. The molecule has 2 aliphatic rings. The third-order valence-electron chi connectivity index (χ3n) is 5.80. The molecular weight excluding hydrogens is 374 g/mol. The first-order valence-corrected chi connectivity index (χ1v) is 12.1. The van der Waals surface area contributed by atoms with Crippen LogP contribution in [0.5, 0.6) is 0 Å². The molecule has 1 amide bonds. The van der Waals surface area contributed by atoms with E-state index >= 15 is 0 Å². The molecule has 1 N–H and O–H groups in total. The standard InChI is InChI=1S/C21H33N3O3S/c1-18(16-23-11-5-6-12-23)15-22-21(25)20-9-13-24(14-10-20)28(26,27)17-19-7-3-2-4-8-19/h2-4,7-8,18,20H,5-6,9-17H2,1H3,(H,22,25). The first kappa shape index (κ1) is 21.3. The van der Waals surface area contributed by atoms with Gasteiger partial charge in [0.25, 0.3) is 0 Å². The number of hydrogen-bond donors (Lipinski definition) is 1. The predicted octanol–water partition coefficient (Wildman–Crippen LogP) is 2.08. The van der Waals surface area contributed by atoms with Crippen molar-refractivity contribution < 1.29 is 13.2 Å². The Morgan fingerprint density at radius 2 is 1.75 bits per heavy atom. The number of hydrogen-bond acceptors (Lipinski definition) is 4. The van der Waals surface area contributed by atoms with Crippen LogP contribution in [0.1, 0.15) is 38.2 Å². The maximum absolute atomic E-state index is 12.6. The van der Waals surface area contributed by atoms with Crippen LogP contribution in [0.2, 0.25) is 0 Å². The van der Waals surface area contributed by atoms with Crippen molar-refractivity contribution >= 4 is 15.9 Å². The minimum absolute atomic E-state index is 0.0265. The lowest BCUT2D eigenvalue weighted by Gasteiger charge is -2.31. The van der Waals surface area contributed by atoms with E-state index in [-0.39, 0.29) is 17.6 Å². The third kappa shape index (κ3) is 6.03. The van der Waals surface area contributed by atoms with Gasteiger partial charge in [0.15, 0.2) is 0 Å². The summed E-state index contributed by atoms with van der Waals surface area (Å²) in [5.74, 6) is 0.461. The van der Waals surface area contributed by atoms with E-state index in [1.165, 1.54) is 25.9 Å². The van der Waals surface area contributed by atoms with Crippen LogP contribution in [0, 0.1) is 11.8 Å². The Morgan fingerprint density at radius 1 is 1.11 bits per heavy atom. The highest BCUT2D eigenvalue weighted by molar-refractivity contribution is 7.88. The molecule has 0 spiro atoms. The Bertz CT molecular complexity index is 725. The maximum atomic E-state index is 12.6. The van der Waals surface area contributed by atoms with Crippen molar-refractivity contribution in [1.82, 2.24) is 14.5 Å². The number of nitrogens with zero attached hydrogens (tertiary/aromatic N) is 2. The van der Waals surface area contributed by atoms with E-state index in [4.69, 9.17) is 0 Å². The van der Waals surface area contributed by atoms with E-state index < -0.39 is 10.0 Å². The molecule has 2 heterocycles. The molecule has 1 unspecified atom stereocenters. The summed E-state index contributed by atoms with van der Waals surface area (Å²) in [5.41, 5.74) is 0.800. The van der Waals surface area contributed by atoms with Crippen LogP contribution in [0.25, 0.3) is 0 Å². The van der Waals surface area contributed by atoms with Crippen LogP contribution < -0.4 is 5.32 Å². The molecule has 6 nitrogen and oxygen atoms in total. The molecule has 2 fully saturated rings. The van der Waals surface area contributed by atoms with Gasteiger partial charge in [-0.15, -0.1) is 0 Å². The summed E-state index contributed by atoms with van der Waals surface area (Å²) in [4.78, 5) is 15.0. The van der Waals surface area contributed by atoms with E-state index in [0.29, 0.717) is 38.4 Å². The predicted molar refractivity (Wildman–Crippen MR) is 111 cm³/mol. The molecule has 0 bridgehead atoms. The molecular formula is C21H33N3O3S. The number of rotatable bonds is 8. The van der Waals surface area contributed by atoms with Gasteiger partial charge < -0.3 is 10.2 Å². The van der Waals surface area contributed by atoms with Crippen LogP contribution in [0.3, 0.4) is 0 Å². The molecule has 1 aromatic rings. The SMILES string of the molecule is CC(CNC(=O)C1CCN(S(=O)(=O)Cc2ccccc2)CC1)CN1CCCC1. The molecule has 3 rings (SSSR count). The molecule has 7 heteroatoms. The number of sulfonamides is 1. The minimum Gasteiger partial charge on any atom is -0.356 e. The van der Waals surface area contributed by atoms with Gasteiger partial charge in [0.05, 0.1) is 5.75 Å². The van der Waals surface area contributed by atoms with Gasteiger partial charge in [0.1, 0.15) is 0 Å². The van der Waals surface area contributed by atoms with Gasteiger partial charge >= 0.3 is 0 Å². The van der Waals surface area contributed by atoms with E-state index in [0.717, 1.165) is 12.1 Å². The lowest BCUT2D eigenvalue weighted by atomic mass is 9.97. The van der Waals surface area contributed by atoms with Gasteiger partial charge in [-0.05, 0) is 50.3 Å². The van der Waals surface area contributed by atoms with Gasteiger partial charge in [-0.1, -0.05) is 37.3 Å². The first-order valence-electron chi connectivity index (χ1n) is 10.5. The second-order valence-corrected chi connectivity index (χ2v) is 10.2. The minimum atomic E-state index is -3.33. The van der Waals surface area contributed by atoms with Crippen LogP contribution in [0.15, 0.2) is 30.3 Å². The number of carbonyl (C=O) groups excluding carboxylic acids is 1. The fraction of sp³-hybridized carbons (Fsp3) is 0.667. The number of nitrogens with one attached hydrogen (secondary N) is 1. The largest absolute Gasteiger partial charge is 0.356 e. The Kier molecular flexibility index (Phi) is 7.48. The summed E-state index contributed by atoms with van der Waals surface area (Å²) in [6.07, 6.45) is 3.76. The second kappa shape index (κ2) is 9.85. The van der Waals surface area contributed by atoms with Crippen molar-refractivity contribution in [2.75, 3.05) is 39.3 Å². The second-order valence-electron chi connectivity index (χ2n) is 8.27. The van der Waals surface area contributed by atoms with Gasteiger partial charge in [-0.25, -0.2) is 12.7 Å². The highest BCUT2D eigenvalue weighted by Crippen LogP contribution is 2.22. The molecule has 1 aromatic carbocycles. The van der Waals surface area contributed by atoms with Gasteiger partial charge in [-0.3, -0.25) is 4.79 Å². The third-order valence-corrected chi connectivity index (χ3v) is 7.65. The van der Waals surface area contributed by atoms with Crippen LogP contribution >= 0.6 is 0 Å². The normalized spacial score (nSPS) is 20.9. The first-order chi connectivity index (χ1) is 13.4. The van der Waals surface area contributed by atoms with Crippen molar-refractivity contribution in [2.45, 2.75) is 38.4 Å². The van der Waals surface area contributed by atoms with Crippen molar-refractivity contribution in [1.29, 1.82) is 0 Å². The molecule has 156 valence electrons. The van der Waals surface area contributed by atoms with Crippen molar-refractivity contribution in [3.05, 3.63) is 35.9 Å². The molecule has 0 aliphatic carbocycles. The van der Waals surface area contributed by atoms with Gasteiger partial charge in [0, 0.05) is 32.1 Å². The highest BCUT2D eigenvalue weighted by atomic mass is 32.2. The van der Waals surface area contributed by atoms with Crippen LogP contribution in [0.4, 0.5) is 0 Å². The quantitative estimate of drug-likeness (QED) is 0.716. The molecule has 0 saturated carbocycles. The Morgan fingerprint density at radius 3 is 2.39 bits per heavy atom. The van der Waals surface area contributed by atoms with Crippen molar-refractivity contribution in [3.63, 3.8) is 0 Å². The highest BCUT2D eigenvalue weighted by Gasteiger charge is 2.31. The summed E-state index contributed by atoms with van der Waals surface area (Å²) >= 11 is 0.